The summed E-state index contributed by atoms with van der Waals surface area (Å²) in [4.78, 5) is 15.8. The van der Waals surface area contributed by atoms with Crippen LogP contribution in [-0.4, -0.2) is 17.4 Å². The predicted octanol–water partition coefficient (Wildman–Crippen LogP) is 2.65. The number of aryl methyl sites for hydroxylation is 1. The fourth-order valence-electron chi connectivity index (χ4n) is 1.92. The zero-order valence-corrected chi connectivity index (χ0v) is 11.5. The van der Waals surface area contributed by atoms with Gasteiger partial charge in [-0.15, -0.1) is 0 Å². The predicted molar refractivity (Wildman–Crippen MR) is 75.6 cm³/mol. The first-order valence-electron chi connectivity index (χ1n) is 6.75. The number of carbonyl (C=O) groups excluding carboxylic acids is 1. The zero-order chi connectivity index (χ0) is 15.1. The normalized spacial score (nSPS) is 10.4. The van der Waals surface area contributed by atoms with Crippen molar-refractivity contribution in [2.45, 2.75) is 19.3 Å². The largest absolute Gasteiger partial charge is 0.356 e. The highest BCUT2D eigenvalue weighted by Gasteiger charge is 2.05. The van der Waals surface area contributed by atoms with E-state index >= 15 is 0 Å². The molecule has 1 amide bonds. The first-order valence-corrected chi connectivity index (χ1v) is 6.75. The Labute approximate surface area is 122 Å². The molecule has 0 aliphatic carbocycles. The molecule has 0 bridgehead atoms. The molecule has 2 aromatic rings. The number of carbonyl (C=O) groups is 1. The van der Waals surface area contributed by atoms with E-state index in [9.17, 15) is 13.6 Å². The van der Waals surface area contributed by atoms with Crippen LogP contribution in [0.1, 0.15) is 17.7 Å². The lowest BCUT2D eigenvalue weighted by molar-refractivity contribution is -0.121. The summed E-state index contributed by atoms with van der Waals surface area (Å²) in [6.45, 7) is 0.508. The van der Waals surface area contributed by atoms with Gasteiger partial charge in [0.05, 0.1) is 0 Å². The van der Waals surface area contributed by atoms with Crippen molar-refractivity contribution >= 4 is 5.91 Å². The highest BCUT2D eigenvalue weighted by atomic mass is 19.2. The molecule has 0 spiro atoms. The fraction of sp³-hybridized carbons (Fsp3) is 0.250. The molecule has 3 nitrogen and oxygen atoms in total. The second kappa shape index (κ2) is 7.47. The molecule has 0 atom stereocenters. The van der Waals surface area contributed by atoms with Crippen LogP contribution in [0.25, 0.3) is 0 Å². The molecule has 110 valence electrons. The lowest BCUT2D eigenvalue weighted by Crippen LogP contribution is -2.26. The van der Waals surface area contributed by atoms with Gasteiger partial charge in [0.15, 0.2) is 11.6 Å². The van der Waals surface area contributed by atoms with Gasteiger partial charge in [0.1, 0.15) is 0 Å². The molecule has 2 rings (SSSR count). The highest BCUT2D eigenvalue weighted by molar-refractivity contribution is 5.76. The van der Waals surface area contributed by atoms with Crippen molar-refractivity contribution in [1.82, 2.24) is 10.3 Å². The van der Waals surface area contributed by atoms with Gasteiger partial charge in [-0.2, -0.15) is 0 Å². The van der Waals surface area contributed by atoms with Crippen LogP contribution in [0.5, 0.6) is 0 Å². The van der Waals surface area contributed by atoms with E-state index in [1.807, 2.05) is 18.2 Å². The van der Waals surface area contributed by atoms with Crippen molar-refractivity contribution in [3.8, 4) is 0 Å². The average molecular weight is 290 g/mol. The van der Waals surface area contributed by atoms with E-state index in [1.165, 1.54) is 6.07 Å². The van der Waals surface area contributed by atoms with Crippen molar-refractivity contribution in [3.05, 3.63) is 65.5 Å². The third kappa shape index (κ3) is 4.95. The van der Waals surface area contributed by atoms with Gasteiger partial charge in [-0.3, -0.25) is 9.78 Å². The maximum atomic E-state index is 13.0. The van der Waals surface area contributed by atoms with Gasteiger partial charge in [0.25, 0.3) is 0 Å². The minimum Gasteiger partial charge on any atom is -0.356 e. The van der Waals surface area contributed by atoms with Gasteiger partial charge in [0, 0.05) is 31.3 Å². The summed E-state index contributed by atoms with van der Waals surface area (Å²) in [5, 5.41) is 2.78. The maximum absolute atomic E-state index is 13.0. The minimum atomic E-state index is -0.886. The SMILES string of the molecule is O=C(CCc1ccc(F)c(F)c1)NCCc1ccccn1. The van der Waals surface area contributed by atoms with Crippen LogP contribution < -0.4 is 5.32 Å². The molecular weight excluding hydrogens is 274 g/mol. The van der Waals surface area contributed by atoms with Crippen LogP contribution in [0.4, 0.5) is 8.78 Å². The van der Waals surface area contributed by atoms with Crippen LogP contribution >= 0.6 is 0 Å². The summed E-state index contributed by atoms with van der Waals surface area (Å²) in [6.07, 6.45) is 3.00. The van der Waals surface area contributed by atoms with E-state index in [0.717, 1.165) is 17.8 Å². The molecule has 0 aliphatic rings. The monoisotopic (exact) mass is 290 g/mol. The molecule has 1 N–H and O–H groups in total. The lowest BCUT2D eigenvalue weighted by atomic mass is 10.1. The number of benzene rings is 1. The number of aromatic nitrogens is 1. The van der Waals surface area contributed by atoms with Crippen molar-refractivity contribution in [2.75, 3.05) is 6.54 Å². The van der Waals surface area contributed by atoms with Crippen molar-refractivity contribution in [1.29, 1.82) is 0 Å². The average Bonchev–Trinajstić information content (AvgIpc) is 2.49. The molecule has 0 fully saturated rings. The zero-order valence-electron chi connectivity index (χ0n) is 11.5. The second-order valence-electron chi connectivity index (χ2n) is 4.67. The summed E-state index contributed by atoms with van der Waals surface area (Å²) in [7, 11) is 0. The molecule has 1 heterocycles. The van der Waals surface area contributed by atoms with E-state index in [-0.39, 0.29) is 12.3 Å². The molecule has 21 heavy (non-hydrogen) atoms. The second-order valence-corrected chi connectivity index (χ2v) is 4.67. The Morgan fingerprint density at radius 1 is 1.10 bits per heavy atom. The Bertz CT molecular complexity index is 602. The molecule has 0 saturated heterocycles. The van der Waals surface area contributed by atoms with Crippen molar-refractivity contribution in [2.24, 2.45) is 0 Å². The molecule has 0 aliphatic heterocycles. The first-order chi connectivity index (χ1) is 10.1. The summed E-state index contributed by atoms with van der Waals surface area (Å²) >= 11 is 0. The standard InChI is InChI=1S/C16H16F2N2O/c17-14-6-4-12(11-15(14)18)5-7-16(21)20-10-8-13-3-1-2-9-19-13/h1-4,6,9,11H,5,7-8,10H2,(H,20,21). The first kappa shape index (κ1) is 15.1. The summed E-state index contributed by atoms with van der Waals surface area (Å²) in [5.74, 6) is -1.88. The smallest absolute Gasteiger partial charge is 0.220 e. The maximum Gasteiger partial charge on any atom is 0.220 e. The van der Waals surface area contributed by atoms with E-state index in [1.54, 1.807) is 6.20 Å². The topological polar surface area (TPSA) is 42.0 Å². The lowest BCUT2D eigenvalue weighted by Gasteiger charge is -2.05. The molecule has 0 radical (unpaired) electrons. The number of halogens is 2. The third-order valence-corrected chi connectivity index (χ3v) is 3.05. The van der Waals surface area contributed by atoms with E-state index in [0.29, 0.717) is 24.9 Å². The minimum absolute atomic E-state index is 0.115. The van der Waals surface area contributed by atoms with Crippen LogP contribution in [0.2, 0.25) is 0 Å². The Kier molecular flexibility index (Phi) is 5.37. The summed E-state index contributed by atoms with van der Waals surface area (Å²) in [6, 6.07) is 9.31. The number of hydrogen-bond donors (Lipinski definition) is 1. The Morgan fingerprint density at radius 2 is 1.95 bits per heavy atom. The molecule has 1 aromatic heterocycles. The van der Waals surface area contributed by atoms with E-state index in [2.05, 4.69) is 10.3 Å². The highest BCUT2D eigenvalue weighted by Crippen LogP contribution is 2.10. The van der Waals surface area contributed by atoms with Crippen LogP contribution in [0.3, 0.4) is 0 Å². The van der Waals surface area contributed by atoms with Gasteiger partial charge < -0.3 is 5.32 Å². The summed E-state index contributed by atoms with van der Waals surface area (Å²) in [5.41, 5.74) is 1.52. The van der Waals surface area contributed by atoms with Gasteiger partial charge in [-0.05, 0) is 36.2 Å². The number of nitrogens with zero attached hydrogens (tertiary/aromatic N) is 1. The number of nitrogens with one attached hydrogen (secondary N) is 1. The summed E-state index contributed by atoms with van der Waals surface area (Å²) < 4.78 is 25.8. The number of amides is 1. The fourth-order valence-corrected chi connectivity index (χ4v) is 1.92. The molecule has 1 aromatic carbocycles. The molecule has 0 saturated carbocycles. The van der Waals surface area contributed by atoms with Gasteiger partial charge >= 0.3 is 0 Å². The Morgan fingerprint density at radius 3 is 2.67 bits per heavy atom. The van der Waals surface area contributed by atoms with Crippen LogP contribution in [-0.2, 0) is 17.6 Å². The van der Waals surface area contributed by atoms with Crippen molar-refractivity contribution < 1.29 is 13.6 Å². The Hall–Kier alpha value is -2.30. The quantitative estimate of drug-likeness (QED) is 0.888. The Balaban J connectivity index is 1.71. The molecular formula is C16H16F2N2O. The molecule has 0 unspecified atom stereocenters. The van der Waals surface area contributed by atoms with Crippen LogP contribution in [0.15, 0.2) is 42.6 Å². The van der Waals surface area contributed by atoms with E-state index < -0.39 is 11.6 Å². The van der Waals surface area contributed by atoms with Crippen molar-refractivity contribution in [3.63, 3.8) is 0 Å². The number of pyridine rings is 1. The number of hydrogen-bond acceptors (Lipinski definition) is 2. The third-order valence-electron chi connectivity index (χ3n) is 3.05. The van der Waals surface area contributed by atoms with Crippen LogP contribution in [0, 0.1) is 11.6 Å². The van der Waals surface area contributed by atoms with Gasteiger partial charge in [0.2, 0.25) is 5.91 Å². The van der Waals surface area contributed by atoms with Gasteiger partial charge in [-0.1, -0.05) is 12.1 Å². The number of rotatable bonds is 6. The molecule has 5 heteroatoms. The van der Waals surface area contributed by atoms with E-state index in [4.69, 9.17) is 0 Å². The van der Waals surface area contributed by atoms with Gasteiger partial charge in [-0.25, -0.2) is 8.78 Å².